The van der Waals surface area contributed by atoms with Gasteiger partial charge in [0.05, 0.1) is 5.56 Å². The molecule has 6 aromatic rings. The quantitative estimate of drug-likeness (QED) is 0.0902. The number of anilines is 2. The minimum atomic E-state index is -0.649. The van der Waals surface area contributed by atoms with Crippen molar-refractivity contribution in [1.82, 2.24) is 5.32 Å². The van der Waals surface area contributed by atoms with Crippen LogP contribution in [0.5, 0.6) is 0 Å². The monoisotopic (exact) mass is 750 g/mol. The number of nitriles is 1. The molecular weight excluding hydrogens is 717 g/mol. The summed E-state index contributed by atoms with van der Waals surface area (Å²) < 4.78 is 0. The number of thioether (sulfide) groups is 1. The molecule has 0 saturated heterocycles. The topological polar surface area (TPSA) is 111 Å². The second-order valence-electron chi connectivity index (χ2n) is 12.5. The smallest absolute Gasteiger partial charge is 0.272 e. The number of carbonyl (C=O) groups is 3. The van der Waals surface area contributed by atoms with E-state index in [4.69, 9.17) is 0 Å². The summed E-state index contributed by atoms with van der Waals surface area (Å²) in [5.74, 6) is -0.749. The van der Waals surface area contributed by atoms with E-state index in [9.17, 15) is 19.6 Å². The highest BCUT2D eigenvalue weighted by molar-refractivity contribution is 8.00. The molecule has 2 unspecified atom stereocenters. The van der Waals surface area contributed by atoms with Crippen LogP contribution in [0.4, 0.5) is 10.7 Å². The fourth-order valence-corrected chi connectivity index (χ4v) is 9.31. The molecule has 4 aromatic carbocycles. The lowest BCUT2D eigenvalue weighted by Crippen LogP contribution is -2.30. The standard InChI is InChI=1S/C43H34N4O3S3/c44-26-36-35-20-19-32(29-11-4-1-5-12-29)24-38(35)53-43(36)47-42(50)39(30-13-6-2-7-14-30)52-34-18-10-17-33(25-34)45-41(49)37(23-28-21-22-51-27-28)46-40(48)31-15-8-3-9-16-31/h1-18,21-23,25,27,32,39H,19-20,24H2,(H,45,49)(H,46,48)(H,47,50)/b37-23-. The van der Waals surface area contributed by atoms with Crippen LogP contribution in [0.1, 0.15) is 60.6 Å². The van der Waals surface area contributed by atoms with Crippen molar-refractivity contribution in [2.75, 3.05) is 10.6 Å². The lowest BCUT2D eigenvalue weighted by atomic mass is 9.83. The van der Waals surface area contributed by atoms with Gasteiger partial charge in [-0.3, -0.25) is 14.4 Å². The Balaban J connectivity index is 1.10. The molecule has 0 radical (unpaired) electrons. The molecule has 7 nitrogen and oxygen atoms in total. The van der Waals surface area contributed by atoms with Gasteiger partial charge >= 0.3 is 0 Å². The highest BCUT2D eigenvalue weighted by atomic mass is 32.2. The first kappa shape index (κ1) is 35.7. The van der Waals surface area contributed by atoms with E-state index in [-0.39, 0.29) is 11.6 Å². The molecule has 1 aliphatic rings. The van der Waals surface area contributed by atoms with Crippen LogP contribution in [-0.2, 0) is 22.4 Å². The van der Waals surface area contributed by atoms with Crippen LogP contribution in [0.25, 0.3) is 6.08 Å². The summed E-state index contributed by atoms with van der Waals surface area (Å²) in [5.41, 5.74) is 5.51. The maximum atomic E-state index is 14.2. The second-order valence-corrected chi connectivity index (χ2v) is 15.5. The van der Waals surface area contributed by atoms with Crippen LogP contribution >= 0.6 is 34.4 Å². The molecule has 2 heterocycles. The van der Waals surface area contributed by atoms with Gasteiger partial charge in [0.2, 0.25) is 5.91 Å². The van der Waals surface area contributed by atoms with Gasteiger partial charge in [-0.15, -0.1) is 23.1 Å². The summed E-state index contributed by atoms with van der Waals surface area (Å²) in [6, 6.07) is 40.2. The molecule has 53 heavy (non-hydrogen) atoms. The molecule has 1 aliphatic carbocycles. The molecule has 0 bridgehead atoms. The van der Waals surface area contributed by atoms with Crippen molar-refractivity contribution in [3.8, 4) is 6.07 Å². The first-order chi connectivity index (χ1) is 25.9. The van der Waals surface area contributed by atoms with E-state index in [2.05, 4.69) is 46.3 Å². The van der Waals surface area contributed by atoms with Crippen LogP contribution in [0.15, 0.2) is 143 Å². The Labute approximate surface area is 320 Å². The zero-order chi connectivity index (χ0) is 36.6. The van der Waals surface area contributed by atoms with Crippen LogP contribution in [0, 0.1) is 11.3 Å². The fraction of sp³-hybridized carbons (Fsp3) is 0.116. The molecular formula is C43H34N4O3S3. The van der Waals surface area contributed by atoms with E-state index >= 15 is 0 Å². The number of thiophene rings is 2. The number of hydrogen-bond acceptors (Lipinski definition) is 7. The highest BCUT2D eigenvalue weighted by Crippen LogP contribution is 2.44. The third-order valence-electron chi connectivity index (χ3n) is 8.95. The Morgan fingerprint density at radius 1 is 0.868 bits per heavy atom. The van der Waals surface area contributed by atoms with Crippen molar-refractivity contribution in [2.45, 2.75) is 35.3 Å². The molecule has 0 aliphatic heterocycles. The first-order valence-electron chi connectivity index (χ1n) is 17.1. The third-order valence-corrected chi connectivity index (χ3v) is 12.1. The Morgan fingerprint density at radius 2 is 1.60 bits per heavy atom. The molecule has 3 amide bonds. The molecule has 7 rings (SSSR count). The molecule has 2 atom stereocenters. The predicted molar refractivity (Wildman–Crippen MR) is 215 cm³/mol. The minimum absolute atomic E-state index is 0.0962. The Bertz CT molecular complexity index is 2300. The lowest BCUT2D eigenvalue weighted by Gasteiger charge is -2.22. The van der Waals surface area contributed by atoms with Gasteiger partial charge in [-0.05, 0) is 101 Å². The van der Waals surface area contributed by atoms with Gasteiger partial charge in [-0.1, -0.05) is 84.9 Å². The van der Waals surface area contributed by atoms with Crippen molar-refractivity contribution in [1.29, 1.82) is 5.26 Å². The SMILES string of the molecule is N#Cc1c(NC(=O)C(Sc2cccc(NC(=O)/C(=C/c3ccsc3)NC(=O)c3ccccc3)c2)c2ccccc2)sc2c1CCC(c1ccccc1)C2. The maximum absolute atomic E-state index is 14.2. The van der Waals surface area contributed by atoms with Crippen LogP contribution in [0.3, 0.4) is 0 Å². The van der Waals surface area contributed by atoms with Gasteiger partial charge in [-0.2, -0.15) is 16.6 Å². The summed E-state index contributed by atoms with van der Waals surface area (Å²) in [4.78, 5) is 42.7. The number of nitrogens with zero attached hydrogens (tertiary/aromatic N) is 1. The third kappa shape index (κ3) is 8.67. The molecule has 0 spiro atoms. The first-order valence-corrected chi connectivity index (χ1v) is 19.7. The maximum Gasteiger partial charge on any atom is 0.272 e. The largest absolute Gasteiger partial charge is 0.321 e. The summed E-state index contributed by atoms with van der Waals surface area (Å²) in [6.45, 7) is 0. The molecule has 0 saturated carbocycles. The highest BCUT2D eigenvalue weighted by Gasteiger charge is 2.29. The van der Waals surface area contributed by atoms with Crippen molar-refractivity contribution in [3.05, 3.63) is 176 Å². The van der Waals surface area contributed by atoms with Crippen LogP contribution < -0.4 is 16.0 Å². The van der Waals surface area contributed by atoms with Gasteiger partial charge in [0.1, 0.15) is 22.0 Å². The van der Waals surface area contributed by atoms with Gasteiger partial charge in [0.15, 0.2) is 0 Å². The predicted octanol–water partition coefficient (Wildman–Crippen LogP) is 9.84. The van der Waals surface area contributed by atoms with Gasteiger partial charge in [0, 0.05) is 21.0 Å². The molecule has 10 heteroatoms. The summed E-state index contributed by atoms with van der Waals surface area (Å²) in [6.07, 6.45) is 4.22. The molecule has 262 valence electrons. The molecule has 0 fully saturated rings. The Morgan fingerprint density at radius 3 is 2.32 bits per heavy atom. The summed E-state index contributed by atoms with van der Waals surface area (Å²) in [5, 5.41) is 22.8. The van der Waals surface area contributed by atoms with Crippen LogP contribution in [0.2, 0.25) is 0 Å². The number of hydrogen-bond donors (Lipinski definition) is 3. The molecule has 3 N–H and O–H groups in total. The van der Waals surface area contributed by atoms with Crippen molar-refractivity contribution in [3.63, 3.8) is 0 Å². The van der Waals surface area contributed by atoms with E-state index in [0.29, 0.717) is 27.7 Å². The average Bonchev–Trinajstić information content (AvgIpc) is 3.84. The van der Waals surface area contributed by atoms with Crippen molar-refractivity contribution in [2.24, 2.45) is 0 Å². The summed E-state index contributed by atoms with van der Waals surface area (Å²) >= 11 is 4.34. The Kier molecular flexibility index (Phi) is 11.3. The number of carbonyl (C=O) groups excluding carboxylic acids is 3. The van der Waals surface area contributed by atoms with Gasteiger partial charge in [-0.25, -0.2) is 0 Å². The van der Waals surface area contributed by atoms with E-state index in [1.54, 1.807) is 42.5 Å². The molecule has 2 aromatic heterocycles. The van der Waals surface area contributed by atoms with Crippen molar-refractivity contribution >= 4 is 68.9 Å². The van der Waals surface area contributed by atoms with E-state index < -0.39 is 17.1 Å². The van der Waals surface area contributed by atoms with Gasteiger partial charge in [0.25, 0.3) is 11.8 Å². The zero-order valence-corrected chi connectivity index (χ0v) is 30.9. The van der Waals surface area contributed by atoms with Crippen LogP contribution in [-0.4, -0.2) is 17.7 Å². The number of rotatable bonds is 11. The average molecular weight is 751 g/mol. The fourth-order valence-electron chi connectivity index (χ4n) is 6.33. The zero-order valence-electron chi connectivity index (χ0n) is 28.5. The van der Waals surface area contributed by atoms with E-state index in [0.717, 1.165) is 45.7 Å². The van der Waals surface area contributed by atoms with Gasteiger partial charge < -0.3 is 16.0 Å². The number of fused-ring (bicyclic) bond motifs is 1. The lowest BCUT2D eigenvalue weighted by molar-refractivity contribution is -0.116. The normalized spacial score (nSPS) is 14.3. The van der Waals surface area contributed by atoms with Crippen molar-refractivity contribution < 1.29 is 14.4 Å². The second kappa shape index (κ2) is 16.7. The van der Waals surface area contributed by atoms with E-state index in [1.165, 1.54) is 40.0 Å². The van der Waals surface area contributed by atoms with E-state index in [1.807, 2.05) is 71.4 Å². The number of amides is 3. The Hall–Kier alpha value is -5.73. The number of nitrogens with one attached hydrogen (secondary N) is 3. The summed E-state index contributed by atoms with van der Waals surface area (Å²) in [7, 11) is 0. The minimum Gasteiger partial charge on any atom is -0.321 e. The number of benzene rings is 4.